The number of unbranched alkanes of at least 4 members (excludes halogenated alkanes) is 5. The number of ether oxygens (including phenoxy) is 2. The van der Waals surface area contributed by atoms with Crippen LogP contribution in [0.5, 0.6) is 0 Å². The summed E-state index contributed by atoms with van der Waals surface area (Å²) < 4.78 is 10.8. The van der Waals surface area contributed by atoms with Crippen molar-refractivity contribution in [1.82, 2.24) is 0 Å². The Morgan fingerprint density at radius 1 is 1.05 bits per heavy atom. The molecule has 0 amide bonds. The van der Waals surface area contributed by atoms with Crippen molar-refractivity contribution in [2.24, 2.45) is 0 Å². The summed E-state index contributed by atoms with van der Waals surface area (Å²) in [7, 11) is 0. The monoisotopic (exact) mass is 316 g/mol. The lowest BCUT2D eigenvalue weighted by Crippen LogP contribution is -2.55. The molecule has 130 valence electrons. The van der Waals surface area contributed by atoms with Crippen LogP contribution in [0.1, 0.15) is 51.9 Å². The number of hydrogen-bond donors (Lipinski definition) is 3. The lowest BCUT2D eigenvalue weighted by molar-refractivity contribution is -0.208. The summed E-state index contributed by atoms with van der Waals surface area (Å²) in [5.74, 6) is 0. The Hall–Kier alpha value is -0.460. The summed E-state index contributed by atoms with van der Waals surface area (Å²) in [6, 6.07) is 0. The van der Waals surface area contributed by atoms with Crippen LogP contribution in [-0.4, -0.2) is 59.6 Å². The second kappa shape index (κ2) is 12.0. The van der Waals surface area contributed by atoms with Gasteiger partial charge in [0.15, 0.2) is 0 Å². The van der Waals surface area contributed by atoms with E-state index < -0.39 is 24.4 Å². The van der Waals surface area contributed by atoms with E-state index in [1.165, 1.54) is 32.1 Å². The zero-order chi connectivity index (χ0) is 16.2. The van der Waals surface area contributed by atoms with E-state index in [9.17, 15) is 10.2 Å². The van der Waals surface area contributed by atoms with Crippen LogP contribution in [0.15, 0.2) is 12.2 Å². The molecule has 4 atom stereocenters. The van der Waals surface area contributed by atoms with Crippen LogP contribution in [0, 0.1) is 0 Å². The maximum Gasteiger partial charge on any atom is 0.111 e. The highest BCUT2D eigenvalue weighted by Gasteiger charge is 2.38. The lowest BCUT2D eigenvalue weighted by atomic mass is 10.0. The van der Waals surface area contributed by atoms with E-state index in [-0.39, 0.29) is 13.2 Å². The Morgan fingerprint density at radius 2 is 1.77 bits per heavy atom. The molecule has 1 rings (SSSR count). The van der Waals surface area contributed by atoms with Crippen LogP contribution in [0.25, 0.3) is 0 Å². The lowest BCUT2D eigenvalue weighted by Gasteiger charge is -2.36. The molecule has 0 spiro atoms. The molecule has 1 saturated heterocycles. The molecule has 5 heteroatoms. The Labute approximate surface area is 133 Å². The molecule has 0 aromatic rings. The summed E-state index contributed by atoms with van der Waals surface area (Å²) >= 11 is 0. The highest BCUT2D eigenvalue weighted by Crippen LogP contribution is 2.18. The standard InChI is InChI=1S/C17H32O5/c1-2-3-4-5-6-7-8-9-10-11-21-15-13-22-14(12-18)16(19)17(15)20/h8-9,14-20H,2-7,10-13H2,1H3/b9-8+/t14-,15+,16-,17-/m1/s1. The first-order valence-electron chi connectivity index (χ1n) is 8.55. The van der Waals surface area contributed by atoms with E-state index in [0.717, 1.165) is 12.8 Å². The topological polar surface area (TPSA) is 79.2 Å². The van der Waals surface area contributed by atoms with Crippen LogP contribution in [-0.2, 0) is 9.47 Å². The third kappa shape index (κ3) is 7.20. The summed E-state index contributed by atoms with van der Waals surface area (Å²) in [6.45, 7) is 2.61. The van der Waals surface area contributed by atoms with Gasteiger partial charge in [0.25, 0.3) is 0 Å². The normalized spacial score (nSPS) is 29.3. The van der Waals surface area contributed by atoms with E-state index in [1.807, 2.05) is 0 Å². The van der Waals surface area contributed by atoms with Gasteiger partial charge in [-0.3, -0.25) is 0 Å². The summed E-state index contributed by atoms with van der Waals surface area (Å²) in [5.41, 5.74) is 0. The van der Waals surface area contributed by atoms with Crippen molar-refractivity contribution in [2.45, 2.75) is 76.3 Å². The van der Waals surface area contributed by atoms with Crippen molar-refractivity contribution in [3.63, 3.8) is 0 Å². The Bertz CT molecular complexity index is 295. The number of rotatable bonds is 11. The summed E-state index contributed by atoms with van der Waals surface area (Å²) in [4.78, 5) is 0. The molecular formula is C17H32O5. The van der Waals surface area contributed by atoms with Gasteiger partial charge >= 0.3 is 0 Å². The second-order valence-electron chi connectivity index (χ2n) is 5.91. The first kappa shape index (κ1) is 19.6. The van der Waals surface area contributed by atoms with Gasteiger partial charge in [-0.1, -0.05) is 44.8 Å². The molecule has 0 bridgehead atoms. The van der Waals surface area contributed by atoms with Crippen LogP contribution in [0.3, 0.4) is 0 Å². The molecule has 1 aliphatic rings. The van der Waals surface area contributed by atoms with E-state index >= 15 is 0 Å². The summed E-state index contributed by atoms with van der Waals surface area (Å²) in [6.07, 6.45) is 9.29. The van der Waals surface area contributed by atoms with E-state index in [4.69, 9.17) is 14.6 Å². The molecule has 1 fully saturated rings. The van der Waals surface area contributed by atoms with Gasteiger partial charge in [-0.2, -0.15) is 0 Å². The van der Waals surface area contributed by atoms with Crippen molar-refractivity contribution in [1.29, 1.82) is 0 Å². The molecule has 0 aromatic heterocycles. The average molecular weight is 316 g/mol. The molecular weight excluding hydrogens is 284 g/mol. The Kier molecular flexibility index (Phi) is 10.7. The largest absolute Gasteiger partial charge is 0.394 e. The maximum atomic E-state index is 9.90. The first-order valence-corrected chi connectivity index (χ1v) is 8.55. The predicted molar refractivity (Wildman–Crippen MR) is 85.7 cm³/mol. The summed E-state index contributed by atoms with van der Waals surface area (Å²) in [5, 5.41) is 28.6. The molecule has 1 heterocycles. The minimum absolute atomic E-state index is 0.199. The van der Waals surface area contributed by atoms with Gasteiger partial charge in [0, 0.05) is 0 Å². The fraction of sp³-hybridized carbons (Fsp3) is 0.882. The molecule has 3 N–H and O–H groups in total. The Balaban J connectivity index is 2.04. The van der Waals surface area contributed by atoms with Crippen LogP contribution >= 0.6 is 0 Å². The highest BCUT2D eigenvalue weighted by molar-refractivity contribution is 4.88. The smallest absolute Gasteiger partial charge is 0.111 e. The van der Waals surface area contributed by atoms with Crippen LogP contribution in [0.2, 0.25) is 0 Å². The first-order chi connectivity index (χ1) is 10.7. The number of hydrogen-bond acceptors (Lipinski definition) is 5. The molecule has 0 radical (unpaired) electrons. The van der Waals surface area contributed by atoms with Crippen LogP contribution in [0.4, 0.5) is 0 Å². The fourth-order valence-electron chi connectivity index (χ4n) is 2.55. The highest BCUT2D eigenvalue weighted by atomic mass is 16.6. The second-order valence-corrected chi connectivity index (χ2v) is 5.91. The fourth-order valence-corrected chi connectivity index (χ4v) is 2.55. The predicted octanol–water partition coefficient (Wildman–Crippen LogP) is 1.79. The van der Waals surface area contributed by atoms with Gasteiger partial charge < -0.3 is 24.8 Å². The third-order valence-electron chi connectivity index (χ3n) is 4.02. The van der Waals surface area contributed by atoms with Gasteiger partial charge in [-0.25, -0.2) is 0 Å². The number of aliphatic hydroxyl groups excluding tert-OH is 3. The van der Waals surface area contributed by atoms with Gasteiger partial charge in [-0.05, 0) is 19.3 Å². The number of allylic oxidation sites excluding steroid dienone is 1. The molecule has 22 heavy (non-hydrogen) atoms. The van der Waals surface area contributed by atoms with Crippen molar-refractivity contribution >= 4 is 0 Å². The van der Waals surface area contributed by atoms with E-state index in [2.05, 4.69) is 19.1 Å². The van der Waals surface area contributed by atoms with Crippen molar-refractivity contribution < 1.29 is 24.8 Å². The minimum Gasteiger partial charge on any atom is -0.394 e. The van der Waals surface area contributed by atoms with Gasteiger partial charge in [0.2, 0.25) is 0 Å². The van der Waals surface area contributed by atoms with Crippen molar-refractivity contribution in [2.75, 3.05) is 19.8 Å². The van der Waals surface area contributed by atoms with E-state index in [0.29, 0.717) is 6.61 Å². The number of aliphatic hydroxyl groups is 3. The molecule has 1 aliphatic heterocycles. The molecule has 0 saturated carbocycles. The molecule has 0 aliphatic carbocycles. The third-order valence-corrected chi connectivity index (χ3v) is 4.02. The molecule has 0 aromatic carbocycles. The Morgan fingerprint density at radius 3 is 2.50 bits per heavy atom. The van der Waals surface area contributed by atoms with Gasteiger partial charge in [-0.15, -0.1) is 0 Å². The zero-order valence-electron chi connectivity index (χ0n) is 13.7. The molecule has 5 nitrogen and oxygen atoms in total. The van der Waals surface area contributed by atoms with Gasteiger partial charge in [0.05, 0.1) is 19.8 Å². The average Bonchev–Trinajstić information content (AvgIpc) is 2.53. The van der Waals surface area contributed by atoms with Crippen molar-refractivity contribution in [3.05, 3.63) is 12.2 Å². The maximum absolute atomic E-state index is 9.90. The molecule has 0 unspecified atom stereocenters. The van der Waals surface area contributed by atoms with Crippen LogP contribution < -0.4 is 0 Å². The zero-order valence-corrected chi connectivity index (χ0v) is 13.7. The minimum atomic E-state index is -1.09. The van der Waals surface area contributed by atoms with Gasteiger partial charge in [0.1, 0.15) is 24.4 Å². The quantitative estimate of drug-likeness (QED) is 0.400. The van der Waals surface area contributed by atoms with Crippen molar-refractivity contribution in [3.8, 4) is 0 Å². The SMILES string of the molecule is CCCCCCC/C=C/CCO[C@H]1CO[C@H](CO)[C@@H](O)[C@@H]1O. The van der Waals surface area contributed by atoms with E-state index in [1.54, 1.807) is 0 Å².